The van der Waals surface area contributed by atoms with E-state index in [-0.39, 0.29) is 4.90 Å². The van der Waals surface area contributed by atoms with Crippen molar-refractivity contribution < 1.29 is 13.2 Å². The van der Waals surface area contributed by atoms with Gasteiger partial charge in [-0.15, -0.1) is 0 Å². The Hall–Kier alpha value is -2.16. The Morgan fingerprint density at radius 1 is 1.00 bits per heavy atom. The SMILES string of the molecule is COc1ccc(S(=O)(=O)N2CCN(C(=S)Nc3ccccc3)CC2)cc1. The molecule has 1 aliphatic rings. The number of sulfonamides is 1. The van der Waals surface area contributed by atoms with Gasteiger partial charge in [0.15, 0.2) is 5.11 Å². The van der Waals surface area contributed by atoms with E-state index in [4.69, 9.17) is 17.0 Å². The van der Waals surface area contributed by atoms with E-state index >= 15 is 0 Å². The summed E-state index contributed by atoms with van der Waals surface area (Å²) in [5, 5.41) is 3.79. The Labute approximate surface area is 159 Å². The molecule has 8 heteroatoms. The van der Waals surface area contributed by atoms with Gasteiger partial charge in [-0.3, -0.25) is 0 Å². The second-order valence-electron chi connectivity index (χ2n) is 5.86. The number of anilines is 1. The van der Waals surface area contributed by atoms with Crippen LogP contribution >= 0.6 is 12.2 Å². The molecule has 3 rings (SSSR count). The van der Waals surface area contributed by atoms with Crippen LogP contribution in [-0.2, 0) is 10.0 Å². The molecular formula is C18H21N3O3S2. The summed E-state index contributed by atoms with van der Waals surface area (Å²) in [6.45, 7) is 1.89. The van der Waals surface area contributed by atoms with E-state index in [1.165, 1.54) is 4.31 Å². The molecular weight excluding hydrogens is 370 g/mol. The Morgan fingerprint density at radius 3 is 2.19 bits per heavy atom. The van der Waals surface area contributed by atoms with Gasteiger partial charge in [0, 0.05) is 31.9 Å². The third-order valence-electron chi connectivity index (χ3n) is 4.25. The molecule has 0 atom stereocenters. The number of nitrogens with one attached hydrogen (secondary N) is 1. The Kier molecular flexibility index (Phi) is 5.75. The molecule has 26 heavy (non-hydrogen) atoms. The average molecular weight is 392 g/mol. The van der Waals surface area contributed by atoms with Gasteiger partial charge in [0.25, 0.3) is 0 Å². The number of methoxy groups -OCH3 is 1. The number of thiocarbonyl (C=S) groups is 1. The first-order chi connectivity index (χ1) is 12.5. The molecule has 0 amide bonds. The van der Waals surface area contributed by atoms with Crippen LogP contribution in [0.25, 0.3) is 0 Å². The van der Waals surface area contributed by atoms with Crippen LogP contribution in [0.5, 0.6) is 5.75 Å². The minimum atomic E-state index is -3.51. The van der Waals surface area contributed by atoms with Crippen molar-refractivity contribution in [3.63, 3.8) is 0 Å². The molecule has 1 saturated heterocycles. The number of nitrogens with zero attached hydrogens (tertiary/aromatic N) is 2. The first kappa shape index (κ1) is 18.6. The third-order valence-corrected chi connectivity index (χ3v) is 6.52. The van der Waals surface area contributed by atoms with Gasteiger partial charge in [-0.05, 0) is 48.6 Å². The lowest BCUT2D eigenvalue weighted by atomic mass is 10.3. The quantitative estimate of drug-likeness (QED) is 0.808. The number of benzene rings is 2. The summed E-state index contributed by atoms with van der Waals surface area (Å²) in [4.78, 5) is 2.26. The summed E-state index contributed by atoms with van der Waals surface area (Å²) in [6.07, 6.45) is 0. The van der Waals surface area contributed by atoms with Gasteiger partial charge in [0.2, 0.25) is 10.0 Å². The van der Waals surface area contributed by atoms with Crippen molar-refractivity contribution in [3.8, 4) is 5.75 Å². The minimum absolute atomic E-state index is 0.275. The molecule has 1 fully saturated rings. The summed E-state index contributed by atoms with van der Waals surface area (Å²) in [5.74, 6) is 0.631. The molecule has 0 aliphatic carbocycles. The second-order valence-corrected chi connectivity index (χ2v) is 8.19. The zero-order valence-corrected chi connectivity index (χ0v) is 16.1. The summed E-state index contributed by atoms with van der Waals surface area (Å²) in [5.41, 5.74) is 0.922. The molecule has 1 N–H and O–H groups in total. The fourth-order valence-electron chi connectivity index (χ4n) is 2.75. The number of para-hydroxylation sites is 1. The van der Waals surface area contributed by atoms with E-state index < -0.39 is 10.0 Å². The van der Waals surface area contributed by atoms with Crippen LogP contribution in [0, 0.1) is 0 Å². The maximum Gasteiger partial charge on any atom is 0.243 e. The highest BCUT2D eigenvalue weighted by Gasteiger charge is 2.29. The molecule has 0 saturated carbocycles. The van der Waals surface area contributed by atoms with Crippen LogP contribution in [0.2, 0.25) is 0 Å². The Morgan fingerprint density at radius 2 is 1.62 bits per heavy atom. The Balaban J connectivity index is 1.61. The van der Waals surface area contributed by atoms with Crippen LogP contribution in [0.4, 0.5) is 5.69 Å². The van der Waals surface area contributed by atoms with Crippen LogP contribution in [0.3, 0.4) is 0 Å². The molecule has 0 aromatic heterocycles. The van der Waals surface area contributed by atoms with Gasteiger partial charge in [-0.25, -0.2) is 8.42 Å². The summed E-state index contributed by atoms with van der Waals surface area (Å²) < 4.78 is 32.1. The largest absolute Gasteiger partial charge is 0.497 e. The fourth-order valence-corrected chi connectivity index (χ4v) is 4.47. The molecule has 138 valence electrons. The second kappa shape index (κ2) is 8.03. The normalized spacial score (nSPS) is 15.5. The standard InChI is InChI=1S/C18H21N3O3S2/c1-24-16-7-9-17(10-8-16)26(22,23)21-13-11-20(12-14-21)18(25)19-15-5-3-2-4-6-15/h2-10H,11-14H2,1H3,(H,19,25). The molecule has 0 bridgehead atoms. The lowest BCUT2D eigenvalue weighted by molar-refractivity contribution is 0.268. The number of piperazine rings is 1. The fraction of sp³-hybridized carbons (Fsp3) is 0.278. The summed E-state index contributed by atoms with van der Waals surface area (Å²) in [6, 6.07) is 16.1. The monoisotopic (exact) mass is 391 g/mol. The lowest BCUT2D eigenvalue weighted by Gasteiger charge is -2.35. The number of rotatable bonds is 4. The first-order valence-electron chi connectivity index (χ1n) is 8.26. The molecule has 6 nitrogen and oxygen atoms in total. The van der Waals surface area contributed by atoms with Crippen molar-refractivity contribution in [2.24, 2.45) is 0 Å². The molecule has 0 unspecified atom stereocenters. The van der Waals surface area contributed by atoms with Crippen LogP contribution in [0.1, 0.15) is 0 Å². The molecule has 2 aromatic rings. The highest BCUT2D eigenvalue weighted by atomic mass is 32.2. The van der Waals surface area contributed by atoms with Gasteiger partial charge in [0.1, 0.15) is 5.75 Å². The lowest BCUT2D eigenvalue weighted by Crippen LogP contribution is -2.51. The third kappa shape index (κ3) is 4.14. The summed E-state index contributed by atoms with van der Waals surface area (Å²) in [7, 11) is -1.96. The molecule has 1 aliphatic heterocycles. The van der Waals surface area contributed by atoms with Gasteiger partial charge < -0.3 is 15.0 Å². The highest BCUT2D eigenvalue weighted by molar-refractivity contribution is 7.89. The smallest absolute Gasteiger partial charge is 0.243 e. The van der Waals surface area contributed by atoms with E-state index in [0.717, 1.165) is 5.69 Å². The topological polar surface area (TPSA) is 61.9 Å². The van der Waals surface area contributed by atoms with E-state index in [1.807, 2.05) is 35.2 Å². The number of hydrogen-bond acceptors (Lipinski definition) is 4. The number of hydrogen-bond donors (Lipinski definition) is 1. The maximum atomic E-state index is 12.8. The predicted molar refractivity (Wildman–Crippen MR) is 106 cm³/mol. The predicted octanol–water partition coefficient (Wildman–Crippen LogP) is 2.40. The van der Waals surface area contributed by atoms with E-state index in [9.17, 15) is 8.42 Å². The van der Waals surface area contributed by atoms with Crippen LogP contribution in [-0.4, -0.2) is 56.0 Å². The van der Waals surface area contributed by atoms with Crippen molar-refractivity contribution >= 4 is 33.0 Å². The van der Waals surface area contributed by atoms with Gasteiger partial charge >= 0.3 is 0 Å². The first-order valence-corrected chi connectivity index (χ1v) is 10.1. The van der Waals surface area contributed by atoms with Crippen molar-refractivity contribution in [1.29, 1.82) is 0 Å². The average Bonchev–Trinajstić information content (AvgIpc) is 2.69. The molecule has 1 heterocycles. The maximum absolute atomic E-state index is 12.8. The van der Waals surface area contributed by atoms with Crippen molar-refractivity contribution in [2.75, 3.05) is 38.6 Å². The van der Waals surface area contributed by atoms with Gasteiger partial charge in [-0.1, -0.05) is 18.2 Å². The van der Waals surface area contributed by atoms with Crippen molar-refractivity contribution in [2.45, 2.75) is 4.90 Å². The van der Waals surface area contributed by atoms with Gasteiger partial charge in [-0.2, -0.15) is 4.31 Å². The zero-order chi connectivity index (χ0) is 18.6. The summed E-state index contributed by atoms with van der Waals surface area (Å²) >= 11 is 5.44. The zero-order valence-electron chi connectivity index (χ0n) is 14.5. The Bertz CT molecular complexity index is 847. The van der Waals surface area contributed by atoms with Crippen molar-refractivity contribution in [3.05, 3.63) is 54.6 Å². The van der Waals surface area contributed by atoms with Crippen LogP contribution < -0.4 is 10.1 Å². The van der Waals surface area contributed by atoms with E-state index in [1.54, 1.807) is 31.4 Å². The van der Waals surface area contributed by atoms with E-state index in [0.29, 0.717) is 37.0 Å². The number of ether oxygens (including phenoxy) is 1. The van der Waals surface area contributed by atoms with E-state index in [2.05, 4.69) is 5.32 Å². The molecule has 2 aromatic carbocycles. The molecule has 0 spiro atoms. The van der Waals surface area contributed by atoms with Crippen LogP contribution in [0.15, 0.2) is 59.5 Å². The minimum Gasteiger partial charge on any atom is -0.497 e. The highest BCUT2D eigenvalue weighted by Crippen LogP contribution is 2.21. The van der Waals surface area contributed by atoms with Crippen molar-refractivity contribution in [1.82, 2.24) is 9.21 Å². The molecule has 0 radical (unpaired) electrons. The van der Waals surface area contributed by atoms with Gasteiger partial charge in [0.05, 0.1) is 12.0 Å².